The number of anilines is 1. The SMILES string of the molecule is COc1ccc([C@H]2CC[C@H](CN(c3cccc(-c4cc(C5CC5)ns4)c3)C(=O)[C@H]3CC[C@H](O)CC3)CC2)nc1C. The van der Waals surface area contributed by atoms with Gasteiger partial charge < -0.3 is 14.7 Å². The van der Waals surface area contributed by atoms with Crippen molar-refractivity contribution in [2.45, 2.75) is 89.1 Å². The number of aliphatic hydroxyl groups is 1. The molecule has 3 aliphatic carbocycles. The van der Waals surface area contributed by atoms with Gasteiger partial charge in [-0.05, 0) is 124 Å². The highest BCUT2D eigenvalue weighted by Gasteiger charge is 2.33. The second-order valence-corrected chi connectivity index (χ2v) is 12.9. The second-order valence-electron chi connectivity index (χ2n) is 12.1. The van der Waals surface area contributed by atoms with Crippen molar-refractivity contribution >= 4 is 23.1 Å². The number of carbonyl (C=O) groups is 1. The molecule has 0 spiro atoms. The molecule has 7 heteroatoms. The third-order valence-corrected chi connectivity index (χ3v) is 10.1. The maximum Gasteiger partial charge on any atom is 0.230 e. The predicted octanol–water partition coefficient (Wildman–Crippen LogP) is 7.26. The molecule has 6 nitrogen and oxygen atoms in total. The van der Waals surface area contributed by atoms with E-state index in [2.05, 4.69) is 41.3 Å². The van der Waals surface area contributed by atoms with Crippen molar-refractivity contribution in [3.63, 3.8) is 0 Å². The molecule has 3 aromatic rings. The highest BCUT2D eigenvalue weighted by Crippen LogP contribution is 2.42. The molecule has 0 radical (unpaired) electrons. The molecule has 0 saturated heterocycles. The summed E-state index contributed by atoms with van der Waals surface area (Å²) in [6, 6.07) is 14.9. The average Bonchev–Trinajstić information content (AvgIpc) is 3.72. The molecule has 3 fully saturated rings. The monoisotopic (exact) mass is 559 g/mol. The third-order valence-electron chi connectivity index (χ3n) is 9.26. The minimum absolute atomic E-state index is 0.0141. The molecule has 0 unspecified atom stereocenters. The van der Waals surface area contributed by atoms with Gasteiger partial charge in [0.15, 0.2) is 0 Å². The first-order chi connectivity index (χ1) is 19.5. The number of methoxy groups -OCH3 is 1. The van der Waals surface area contributed by atoms with Crippen LogP contribution >= 0.6 is 11.5 Å². The minimum atomic E-state index is -0.265. The molecule has 0 atom stereocenters. The van der Waals surface area contributed by atoms with E-state index in [1.807, 2.05) is 13.0 Å². The summed E-state index contributed by atoms with van der Waals surface area (Å²) in [5.74, 6) is 2.61. The number of pyridine rings is 1. The van der Waals surface area contributed by atoms with E-state index in [0.29, 0.717) is 30.6 Å². The summed E-state index contributed by atoms with van der Waals surface area (Å²) in [6.45, 7) is 2.76. The Bertz CT molecular complexity index is 1320. The molecule has 0 aliphatic heterocycles. The highest BCUT2D eigenvalue weighted by atomic mass is 32.1. The van der Waals surface area contributed by atoms with Gasteiger partial charge >= 0.3 is 0 Å². The number of hydrogen-bond donors (Lipinski definition) is 1. The fourth-order valence-corrected chi connectivity index (χ4v) is 7.41. The summed E-state index contributed by atoms with van der Waals surface area (Å²) in [4.78, 5) is 22.1. The molecule has 3 aliphatic rings. The predicted molar refractivity (Wildman–Crippen MR) is 160 cm³/mol. The Balaban J connectivity index is 1.19. The van der Waals surface area contributed by atoms with Crippen molar-refractivity contribution in [2.75, 3.05) is 18.6 Å². The summed E-state index contributed by atoms with van der Waals surface area (Å²) in [6.07, 6.45) is 9.55. The lowest BCUT2D eigenvalue weighted by atomic mass is 9.79. The topological polar surface area (TPSA) is 75.5 Å². The van der Waals surface area contributed by atoms with Crippen LogP contribution in [0.5, 0.6) is 5.75 Å². The van der Waals surface area contributed by atoms with Gasteiger partial charge in [-0.2, -0.15) is 4.37 Å². The van der Waals surface area contributed by atoms with E-state index in [9.17, 15) is 9.90 Å². The first-order valence-electron chi connectivity index (χ1n) is 15.1. The number of aryl methyl sites for hydroxylation is 1. The van der Waals surface area contributed by atoms with Gasteiger partial charge in [0, 0.05) is 35.7 Å². The van der Waals surface area contributed by atoms with Crippen LogP contribution in [-0.2, 0) is 4.79 Å². The van der Waals surface area contributed by atoms with Crippen molar-refractivity contribution in [2.24, 2.45) is 11.8 Å². The second kappa shape index (κ2) is 12.0. The van der Waals surface area contributed by atoms with E-state index >= 15 is 0 Å². The molecule has 6 rings (SSSR count). The molecule has 2 aromatic heterocycles. The third kappa shape index (κ3) is 6.10. The lowest BCUT2D eigenvalue weighted by molar-refractivity contribution is -0.124. The van der Waals surface area contributed by atoms with Crippen molar-refractivity contribution in [3.8, 4) is 16.2 Å². The molecular formula is C33H41N3O3S. The number of hydrogen-bond acceptors (Lipinski definition) is 6. The first kappa shape index (κ1) is 27.4. The lowest BCUT2D eigenvalue weighted by Gasteiger charge is -2.35. The molecule has 1 amide bonds. The van der Waals surface area contributed by atoms with Crippen molar-refractivity contribution < 1.29 is 14.6 Å². The maximum atomic E-state index is 14.0. The summed E-state index contributed by atoms with van der Waals surface area (Å²) in [5, 5.41) is 10.1. The zero-order valence-electron chi connectivity index (χ0n) is 23.7. The number of amides is 1. The largest absolute Gasteiger partial charge is 0.495 e. The average molecular weight is 560 g/mol. The van der Waals surface area contributed by atoms with Crippen LogP contribution in [0.3, 0.4) is 0 Å². The molecule has 3 saturated carbocycles. The number of rotatable bonds is 8. The van der Waals surface area contributed by atoms with Gasteiger partial charge in [0.1, 0.15) is 5.75 Å². The van der Waals surface area contributed by atoms with Crippen LogP contribution in [-0.4, -0.2) is 40.1 Å². The number of nitrogens with zero attached hydrogens (tertiary/aromatic N) is 3. The zero-order chi connectivity index (χ0) is 27.6. The molecule has 1 aromatic carbocycles. The Morgan fingerprint density at radius 3 is 2.38 bits per heavy atom. The number of benzene rings is 1. The number of carbonyl (C=O) groups excluding carboxylic acids is 1. The molecular weight excluding hydrogens is 518 g/mol. The highest BCUT2D eigenvalue weighted by molar-refractivity contribution is 7.09. The number of aliphatic hydroxyl groups excluding tert-OH is 1. The quantitative estimate of drug-likeness (QED) is 0.314. The van der Waals surface area contributed by atoms with Crippen LogP contribution in [0.15, 0.2) is 42.5 Å². The van der Waals surface area contributed by atoms with Crippen LogP contribution in [0.2, 0.25) is 0 Å². The number of ether oxygens (including phenoxy) is 1. The van der Waals surface area contributed by atoms with Crippen LogP contribution in [0.4, 0.5) is 5.69 Å². The first-order valence-corrected chi connectivity index (χ1v) is 15.8. The van der Waals surface area contributed by atoms with Crippen molar-refractivity contribution in [3.05, 3.63) is 59.5 Å². The smallest absolute Gasteiger partial charge is 0.230 e. The van der Waals surface area contributed by atoms with Crippen molar-refractivity contribution in [1.82, 2.24) is 9.36 Å². The molecule has 212 valence electrons. The fourth-order valence-electron chi connectivity index (χ4n) is 6.60. The van der Waals surface area contributed by atoms with Gasteiger partial charge in [-0.25, -0.2) is 0 Å². The Morgan fingerprint density at radius 1 is 0.950 bits per heavy atom. The molecule has 2 heterocycles. The number of aromatic nitrogens is 2. The van der Waals surface area contributed by atoms with Gasteiger partial charge in [0.05, 0.1) is 29.5 Å². The van der Waals surface area contributed by atoms with Gasteiger partial charge in [0.2, 0.25) is 5.91 Å². The molecule has 0 bridgehead atoms. The van der Waals surface area contributed by atoms with Gasteiger partial charge in [0.25, 0.3) is 0 Å². The van der Waals surface area contributed by atoms with E-state index < -0.39 is 0 Å². The summed E-state index contributed by atoms with van der Waals surface area (Å²) in [5.41, 5.74) is 5.46. The van der Waals surface area contributed by atoms with E-state index in [4.69, 9.17) is 14.1 Å². The van der Waals surface area contributed by atoms with E-state index in [1.54, 1.807) is 18.6 Å². The summed E-state index contributed by atoms with van der Waals surface area (Å²) >= 11 is 1.57. The summed E-state index contributed by atoms with van der Waals surface area (Å²) < 4.78 is 10.1. The van der Waals surface area contributed by atoms with Gasteiger partial charge in [-0.3, -0.25) is 9.78 Å². The Kier molecular flexibility index (Phi) is 8.22. The van der Waals surface area contributed by atoms with Crippen LogP contribution in [0.25, 0.3) is 10.4 Å². The van der Waals surface area contributed by atoms with Gasteiger partial charge in [-0.15, -0.1) is 0 Å². The van der Waals surface area contributed by atoms with E-state index in [0.717, 1.165) is 73.5 Å². The van der Waals surface area contributed by atoms with E-state index in [1.165, 1.54) is 23.4 Å². The summed E-state index contributed by atoms with van der Waals surface area (Å²) in [7, 11) is 1.69. The van der Waals surface area contributed by atoms with Crippen LogP contribution in [0.1, 0.15) is 93.1 Å². The van der Waals surface area contributed by atoms with E-state index in [-0.39, 0.29) is 17.9 Å². The molecule has 40 heavy (non-hydrogen) atoms. The standard InChI is InChI=1S/C33H41N3O3S/c1-21-31(39-2)17-16-29(34-21)23-8-6-22(7-9-23)20-36(33(38)25-12-14-28(37)15-13-25)27-5-3-4-26(18-27)32-19-30(35-40-32)24-10-11-24/h3-5,16-19,22-25,28,37H,6-15,20H2,1-2H3/t22-,23-,25-,28-. The van der Waals surface area contributed by atoms with Crippen LogP contribution in [0, 0.1) is 18.8 Å². The fraction of sp³-hybridized carbons (Fsp3) is 0.545. The van der Waals surface area contributed by atoms with Crippen LogP contribution < -0.4 is 9.64 Å². The maximum absolute atomic E-state index is 14.0. The minimum Gasteiger partial charge on any atom is -0.495 e. The lowest BCUT2D eigenvalue weighted by Crippen LogP contribution is -2.41. The Labute approximate surface area is 242 Å². The Morgan fingerprint density at radius 2 is 1.68 bits per heavy atom. The zero-order valence-corrected chi connectivity index (χ0v) is 24.5. The van der Waals surface area contributed by atoms with Crippen molar-refractivity contribution in [1.29, 1.82) is 0 Å². The normalized spacial score (nSPS) is 25.0. The van der Waals surface area contributed by atoms with Gasteiger partial charge in [-0.1, -0.05) is 12.1 Å². The molecule has 1 N–H and O–H groups in total. The Hall–Kier alpha value is -2.77.